The molecule has 0 bridgehead atoms. The zero-order valence-electron chi connectivity index (χ0n) is 14.6. The molecule has 0 unspecified atom stereocenters. The summed E-state index contributed by atoms with van der Waals surface area (Å²) < 4.78 is 15.7. The minimum Gasteiger partial charge on any atom is -0.507 e. The van der Waals surface area contributed by atoms with E-state index < -0.39 is 11.6 Å². The second-order valence-corrected chi connectivity index (χ2v) is 6.06. The van der Waals surface area contributed by atoms with Crippen molar-refractivity contribution in [2.45, 2.75) is 6.42 Å². The van der Waals surface area contributed by atoms with Gasteiger partial charge < -0.3 is 19.1 Å². The summed E-state index contributed by atoms with van der Waals surface area (Å²) >= 11 is 0. The van der Waals surface area contributed by atoms with Crippen molar-refractivity contribution >= 4 is 11.6 Å². The molecular weight excluding hydrogens is 350 g/mol. The first-order valence-corrected chi connectivity index (χ1v) is 8.16. The fourth-order valence-corrected chi connectivity index (χ4v) is 3.23. The Labute approximate surface area is 154 Å². The molecule has 1 aliphatic rings. The summed E-state index contributed by atoms with van der Waals surface area (Å²) in [6, 6.07) is 9.72. The van der Waals surface area contributed by atoms with E-state index in [9.17, 15) is 14.7 Å². The number of ketones is 2. The third kappa shape index (κ3) is 2.55. The van der Waals surface area contributed by atoms with Gasteiger partial charge in [-0.15, -0.1) is 0 Å². The normalized spacial score (nSPS) is 12.5. The maximum atomic E-state index is 12.9. The van der Waals surface area contributed by atoms with E-state index in [4.69, 9.17) is 14.0 Å². The van der Waals surface area contributed by atoms with Crippen LogP contribution in [-0.2, 0) is 6.42 Å². The van der Waals surface area contributed by atoms with Crippen molar-refractivity contribution < 1.29 is 28.7 Å². The first-order chi connectivity index (χ1) is 13.0. The number of rotatable bonds is 4. The van der Waals surface area contributed by atoms with Gasteiger partial charge in [0.1, 0.15) is 5.75 Å². The summed E-state index contributed by atoms with van der Waals surface area (Å²) in [6.45, 7) is 0. The van der Waals surface area contributed by atoms with Gasteiger partial charge in [0.2, 0.25) is 11.5 Å². The molecule has 0 amide bonds. The van der Waals surface area contributed by atoms with E-state index in [0.29, 0.717) is 17.2 Å². The molecule has 0 aliphatic heterocycles. The van der Waals surface area contributed by atoms with Gasteiger partial charge >= 0.3 is 0 Å². The Kier molecular flexibility index (Phi) is 3.92. The quantitative estimate of drug-likeness (QED) is 0.594. The molecule has 1 N–H and O–H groups in total. The Morgan fingerprint density at radius 1 is 1.00 bits per heavy atom. The Morgan fingerprint density at radius 2 is 1.78 bits per heavy atom. The number of hydrogen-bond donors (Lipinski definition) is 1. The van der Waals surface area contributed by atoms with Crippen molar-refractivity contribution in [1.29, 1.82) is 0 Å². The smallest absolute Gasteiger partial charge is 0.236 e. The number of fused-ring (bicyclic) bond motifs is 2. The Morgan fingerprint density at radius 3 is 2.52 bits per heavy atom. The van der Waals surface area contributed by atoms with E-state index in [0.717, 1.165) is 5.56 Å². The SMILES string of the molecule is COc1ccc(Cc2noc3c2C(=O)c2cccc(O)c2C3=O)cc1OC. The standard InChI is InChI=1S/C20H15NO6/c1-25-14-7-6-10(9-15(14)26-2)8-12-17-18(23)11-4-3-5-13(22)16(11)19(24)20(17)27-21-12/h3-7,9,22H,8H2,1-2H3. The Hall–Kier alpha value is -3.61. The minimum atomic E-state index is -0.552. The highest BCUT2D eigenvalue weighted by molar-refractivity contribution is 6.28. The maximum absolute atomic E-state index is 12.9. The molecule has 27 heavy (non-hydrogen) atoms. The van der Waals surface area contributed by atoms with Crippen LogP contribution in [0.15, 0.2) is 40.9 Å². The van der Waals surface area contributed by atoms with Crippen LogP contribution in [0.2, 0.25) is 0 Å². The second kappa shape index (κ2) is 6.28. The van der Waals surface area contributed by atoms with Gasteiger partial charge in [-0.25, -0.2) is 0 Å². The number of aromatic hydroxyl groups is 1. The number of phenolic OH excluding ortho intramolecular Hbond substituents is 1. The summed E-state index contributed by atoms with van der Waals surface area (Å²) in [5.74, 6) is -0.223. The molecule has 0 saturated carbocycles. The zero-order valence-corrected chi connectivity index (χ0v) is 14.6. The first kappa shape index (κ1) is 16.8. The molecule has 2 aromatic carbocycles. The fraction of sp³-hybridized carbons (Fsp3) is 0.150. The third-order valence-corrected chi connectivity index (χ3v) is 4.53. The number of ether oxygens (including phenoxy) is 2. The molecule has 0 fully saturated rings. The molecular formula is C20H15NO6. The largest absolute Gasteiger partial charge is 0.507 e. The summed E-state index contributed by atoms with van der Waals surface area (Å²) in [5.41, 5.74) is 1.39. The van der Waals surface area contributed by atoms with Crippen molar-refractivity contribution in [3.8, 4) is 17.2 Å². The van der Waals surface area contributed by atoms with Crippen molar-refractivity contribution in [1.82, 2.24) is 5.16 Å². The number of hydrogen-bond acceptors (Lipinski definition) is 7. The summed E-state index contributed by atoms with van der Waals surface area (Å²) in [6.07, 6.45) is 0.270. The van der Waals surface area contributed by atoms with Crippen molar-refractivity contribution in [3.05, 3.63) is 70.1 Å². The van der Waals surface area contributed by atoms with Gasteiger partial charge in [-0.2, -0.15) is 0 Å². The van der Waals surface area contributed by atoms with Gasteiger partial charge in [0, 0.05) is 12.0 Å². The van der Waals surface area contributed by atoms with E-state index >= 15 is 0 Å². The van der Waals surface area contributed by atoms with Gasteiger partial charge in [0.15, 0.2) is 17.3 Å². The van der Waals surface area contributed by atoms with Gasteiger partial charge in [-0.05, 0) is 23.8 Å². The molecule has 1 aliphatic carbocycles. The maximum Gasteiger partial charge on any atom is 0.236 e. The topological polar surface area (TPSA) is 98.9 Å². The first-order valence-electron chi connectivity index (χ1n) is 8.16. The van der Waals surface area contributed by atoms with Crippen LogP contribution in [0, 0.1) is 0 Å². The zero-order chi connectivity index (χ0) is 19.1. The van der Waals surface area contributed by atoms with E-state index in [1.54, 1.807) is 19.2 Å². The molecule has 0 saturated heterocycles. The second-order valence-electron chi connectivity index (χ2n) is 6.06. The van der Waals surface area contributed by atoms with Gasteiger partial charge in [0.25, 0.3) is 0 Å². The highest BCUT2D eigenvalue weighted by Crippen LogP contribution is 2.35. The van der Waals surface area contributed by atoms with Crippen LogP contribution in [0.25, 0.3) is 0 Å². The molecule has 4 rings (SSSR count). The van der Waals surface area contributed by atoms with Gasteiger partial charge in [-0.3, -0.25) is 9.59 Å². The number of aromatic nitrogens is 1. The van der Waals surface area contributed by atoms with E-state index in [2.05, 4.69) is 5.16 Å². The van der Waals surface area contributed by atoms with E-state index in [1.165, 1.54) is 25.3 Å². The molecule has 0 spiro atoms. The lowest BCUT2D eigenvalue weighted by Gasteiger charge is -2.14. The number of nitrogens with zero attached hydrogens (tertiary/aromatic N) is 1. The number of benzene rings is 2. The van der Waals surface area contributed by atoms with Crippen LogP contribution in [0.4, 0.5) is 0 Å². The number of carbonyl (C=O) groups excluding carboxylic acids is 2. The van der Waals surface area contributed by atoms with Crippen LogP contribution in [-0.4, -0.2) is 36.0 Å². The molecule has 0 atom stereocenters. The lowest BCUT2D eigenvalue weighted by Crippen LogP contribution is -2.20. The average molecular weight is 365 g/mol. The van der Waals surface area contributed by atoms with Crippen LogP contribution >= 0.6 is 0 Å². The third-order valence-electron chi connectivity index (χ3n) is 4.53. The Bertz CT molecular complexity index is 1080. The van der Waals surface area contributed by atoms with E-state index in [1.807, 2.05) is 6.07 Å². The summed E-state index contributed by atoms with van der Waals surface area (Å²) in [5, 5.41) is 13.9. The fourth-order valence-electron chi connectivity index (χ4n) is 3.23. The number of phenols is 1. The molecule has 3 aromatic rings. The average Bonchev–Trinajstić information content (AvgIpc) is 3.10. The van der Waals surface area contributed by atoms with Crippen LogP contribution < -0.4 is 9.47 Å². The lowest BCUT2D eigenvalue weighted by molar-refractivity contribution is 0.0952. The monoisotopic (exact) mass is 365 g/mol. The van der Waals surface area contributed by atoms with Crippen molar-refractivity contribution in [2.75, 3.05) is 14.2 Å². The molecule has 1 heterocycles. The van der Waals surface area contributed by atoms with E-state index in [-0.39, 0.29) is 34.6 Å². The molecule has 7 heteroatoms. The molecule has 0 radical (unpaired) electrons. The van der Waals surface area contributed by atoms with Crippen molar-refractivity contribution in [2.24, 2.45) is 0 Å². The highest BCUT2D eigenvalue weighted by atomic mass is 16.5. The minimum absolute atomic E-state index is 0.0520. The number of methoxy groups -OCH3 is 2. The van der Waals surface area contributed by atoms with Crippen LogP contribution in [0.1, 0.15) is 43.3 Å². The molecule has 136 valence electrons. The molecule has 7 nitrogen and oxygen atoms in total. The summed E-state index contributed by atoms with van der Waals surface area (Å²) in [4.78, 5) is 25.5. The van der Waals surface area contributed by atoms with Crippen LogP contribution in [0.5, 0.6) is 17.2 Å². The van der Waals surface area contributed by atoms with Crippen LogP contribution in [0.3, 0.4) is 0 Å². The predicted molar refractivity (Wildman–Crippen MR) is 93.8 cm³/mol. The summed E-state index contributed by atoms with van der Waals surface area (Å²) in [7, 11) is 3.08. The predicted octanol–water partition coefficient (Wildman–Crippen LogP) is 2.76. The van der Waals surface area contributed by atoms with Crippen molar-refractivity contribution in [3.63, 3.8) is 0 Å². The lowest BCUT2D eigenvalue weighted by atomic mass is 9.86. The van der Waals surface area contributed by atoms with Gasteiger partial charge in [-0.1, -0.05) is 23.4 Å². The highest BCUT2D eigenvalue weighted by Gasteiger charge is 2.38. The molecule has 1 aromatic heterocycles. The number of carbonyl (C=O) groups is 2. The van der Waals surface area contributed by atoms with Gasteiger partial charge in [0.05, 0.1) is 31.0 Å². The Balaban J connectivity index is 1.76.